The van der Waals surface area contributed by atoms with Crippen LogP contribution in [0.2, 0.25) is 0 Å². The molecule has 1 fully saturated rings. The first kappa shape index (κ1) is 19.9. The van der Waals surface area contributed by atoms with Crippen molar-refractivity contribution in [1.29, 1.82) is 0 Å². The zero-order chi connectivity index (χ0) is 20.8. The molecule has 1 amide bonds. The Morgan fingerprint density at radius 1 is 1.07 bits per heavy atom. The lowest BCUT2D eigenvalue weighted by molar-refractivity contribution is -0.127. The number of carbonyl (C=O) groups excluding carboxylic acids is 1. The van der Waals surface area contributed by atoms with Crippen LogP contribution >= 0.6 is 0 Å². The molecule has 0 aliphatic carbocycles. The Hall–Kier alpha value is -3.38. The number of hydrogen-bond acceptors (Lipinski definition) is 4. The first-order valence-corrected chi connectivity index (χ1v) is 10.1. The van der Waals surface area contributed by atoms with Gasteiger partial charge in [-0.15, -0.1) is 0 Å². The maximum atomic E-state index is 12.5. The molecule has 0 N–H and O–H groups in total. The van der Waals surface area contributed by atoms with Crippen molar-refractivity contribution in [3.05, 3.63) is 84.2 Å². The molecule has 1 aromatic heterocycles. The third-order valence-corrected chi connectivity index (χ3v) is 5.26. The van der Waals surface area contributed by atoms with Gasteiger partial charge in [0.1, 0.15) is 5.75 Å². The van der Waals surface area contributed by atoms with E-state index in [0.29, 0.717) is 0 Å². The molecule has 0 radical (unpaired) electrons. The molecule has 0 spiro atoms. The lowest BCUT2D eigenvalue weighted by atomic mass is 10.2. The minimum Gasteiger partial charge on any atom is -0.497 e. The van der Waals surface area contributed by atoms with Crippen LogP contribution < -0.4 is 4.74 Å². The lowest BCUT2D eigenvalue weighted by Gasteiger charge is -2.34. The van der Waals surface area contributed by atoms with Gasteiger partial charge in [-0.05, 0) is 35.9 Å². The van der Waals surface area contributed by atoms with Crippen LogP contribution in [0.25, 0.3) is 11.8 Å². The van der Waals surface area contributed by atoms with Crippen molar-refractivity contribution in [1.82, 2.24) is 19.6 Å². The van der Waals surface area contributed by atoms with Crippen molar-refractivity contribution < 1.29 is 9.53 Å². The van der Waals surface area contributed by atoms with Crippen LogP contribution in [0.5, 0.6) is 5.75 Å². The second-order valence-corrected chi connectivity index (χ2v) is 7.34. The summed E-state index contributed by atoms with van der Waals surface area (Å²) in [5.74, 6) is 0.836. The van der Waals surface area contributed by atoms with E-state index in [-0.39, 0.29) is 5.91 Å². The van der Waals surface area contributed by atoms with Crippen LogP contribution in [-0.4, -0.2) is 58.8 Å². The third kappa shape index (κ3) is 4.96. The van der Waals surface area contributed by atoms with Crippen LogP contribution in [0, 0.1) is 0 Å². The predicted octanol–water partition coefficient (Wildman–Crippen LogP) is 3.24. The predicted molar refractivity (Wildman–Crippen MR) is 117 cm³/mol. The Bertz CT molecular complexity index is 1000. The van der Waals surface area contributed by atoms with Crippen molar-refractivity contribution in [3.8, 4) is 11.4 Å². The van der Waals surface area contributed by atoms with Gasteiger partial charge in [0.15, 0.2) is 0 Å². The van der Waals surface area contributed by atoms with E-state index in [2.05, 4.69) is 16.2 Å². The molecular formula is C24H26N4O2. The largest absolute Gasteiger partial charge is 0.497 e. The van der Waals surface area contributed by atoms with E-state index in [1.54, 1.807) is 13.2 Å². The van der Waals surface area contributed by atoms with E-state index >= 15 is 0 Å². The van der Waals surface area contributed by atoms with Crippen molar-refractivity contribution in [2.45, 2.75) is 6.54 Å². The fourth-order valence-corrected chi connectivity index (χ4v) is 3.57. The Kier molecular flexibility index (Phi) is 6.25. The van der Waals surface area contributed by atoms with Crippen molar-refractivity contribution in [3.63, 3.8) is 0 Å². The lowest BCUT2D eigenvalue weighted by Crippen LogP contribution is -2.47. The van der Waals surface area contributed by atoms with Gasteiger partial charge in [-0.2, -0.15) is 5.10 Å². The summed E-state index contributed by atoms with van der Waals surface area (Å²) < 4.78 is 7.13. The molecule has 0 bridgehead atoms. The van der Waals surface area contributed by atoms with E-state index < -0.39 is 0 Å². The number of piperazine rings is 1. The maximum absolute atomic E-state index is 12.5. The first-order valence-electron chi connectivity index (χ1n) is 10.1. The fourth-order valence-electron chi connectivity index (χ4n) is 3.57. The SMILES string of the molecule is COc1cccc(/C=C/C(=O)N2CCN(Cc3cnn(-c4ccccc4)c3)CC2)c1. The van der Waals surface area contributed by atoms with E-state index in [1.807, 2.05) is 76.5 Å². The smallest absolute Gasteiger partial charge is 0.246 e. The number of amides is 1. The van der Waals surface area contributed by atoms with Gasteiger partial charge in [0.2, 0.25) is 5.91 Å². The second kappa shape index (κ2) is 9.41. The summed E-state index contributed by atoms with van der Waals surface area (Å²) in [6.45, 7) is 4.02. The average molecular weight is 402 g/mol. The monoisotopic (exact) mass is 402 g/mol. The van der Waals surface area contributed by atoms with Crippen LogP contribution in [0.4, 0.5) is 0 Å². The quantitative estimate of drug-likeness (QED) is 0.594. The van der Waals surface area contributed by atoms with Crippen molar-refractivity contribution >= 4 is 12.0 Å². The summed E-state index contributed by atoms with van der Waals surface area (Å²) in [5.41, 5.74) is 3.19. The highest BCUT2D eigenvalue weighted by atomic mass is 16.5. The van der Waals surface area contributed by atoms with Gasteiger partial charge in [-0.25, -0.2) is 4.68 Å². The van der Waals surface area contributed by atoms with E-state index in [9.17, 15) is 4.79 Å². The standard InChI is InChI=1S/C24H26N4O2/c1-30-23-9-5-6-20(16-23)10-11-24(29)27-14-12-26(13-15-27)18-21-17-25-28(19-21)22-7-3-2-4-8-22/h2-11,16-17,19H,12-15,18H2,1H3/b11-10+. The highest BCUT2D eigenvalue weighted by Crippen LogP contribution is 2.15. The number of nitrogens with zero attached hydrogens (tertiary/aromatic N) is 4. The Morgan fingerprint density at radius 2 is 1.87 bits per heavy atom. The molecule has 0 atom stereocenters. The molecule has 6 heteroatoms. The summed E-state index contributed by atoms with van der Waals surface area (Å²) in [7, 11) is 1.64. The topological polar surface area (TPSA) is 50.6 Å². The number of aromatic nitrogens is 2. The molecule has 1 aliphatic heterocycles. The van der Waals surface area contributed by atoms with Gasteiger partial charge in [0.05, 0.1) is 19.0 Å². The van der Waals surface area contributed by atoms with E-state index in [1.165, 1.54) is 5.56 Å². The van der Waals surface area contributed by atoms with Crippen LogP contribution in [0.3, 0.4) is 0 Å². The number of para-hydroxylation sites is 1. The Morgan fingerprint density at radius 3 is 2.63 bits per heavy atom. The summed E-state index contributed by atoms with van der Waals surface area (Å²) in [6.07, 6.45) is 7.48. The zero-order valence-corrected chi connectivity index (χ0v) is 17.1. The summed E-state index contributed by atoms with van der Waals surface area (Å²) in [6, 6.07) is 17.8. The van der Waals surface area contributed by atoms with Crippen molar-refractivity contribution in [2.24, 2.45) is 0 Å². The Labute approximate surface area is 177 Å². The van der Waals surface area contributed by atoms with Gasteiger partial charge >= 0.3 is 0 Å². The third-order valence-electron chi connectivity index (χ3n) is 5.26. The zero-order valence-electron chi connectivity index (χ0n) is 17.1. The van der Waals surface area contributed by atoms with E-state index in [0.717, 1.165) is 49.7 Å². The molecule has 0 saturated carbocycles. The fraction of sp³-hybridized carbons (Fsp3) is 0.250. The molecular weight excluding hydrogens is 376 g/mol. The molecule has 2 heterocycles. The Balaban J connectivity index is 1.28. The summed E-state index contributed by atoms with van der Waals surface area (Å²) in [5, 5.41) is 4.47. The van der Waals surface area contributed by atoms with Crippen LogP contribution in [-0.2, 0) is 11.3 Å². The van der Waals surface area contributed by atoms with Gasteiger partial charge in [0.25, 0.3) is 0 Å². The normalized spacial score (nSPS) is 14.9. The molecule has 30 heavy (non-hydrogen) atoms. The first-order chi connectivity index (χ1) is 14.7. The minimum atomic E-state index is 0.0503. The summed E-state index contributed by atoms with van der Waals surface area (Å²) in [4.78, 5) is 16.8. The number of benzene rings is 2. The molecule has 4 rings (SSSR count). The highest BCUT2D eigenvalue weighted by molar-refractivity contribution is 5.91. The van der Waals surface area contributed by atoms with Crippen LogP contribution in [0.15, 0.2) is 73.1 Å². The van der Waals surface area contributed by atoms with Crippen LogP contribution in [0.1, 0.15) is 11.1 Å². The molecule has 2 aromatic carbocycles. The van der Waals surface area contributed by atoms with Gasteiger partial charge in [-0.1, -0.05) is 30.3 Å². The van der Waals surface area contributed by atoms with Gasteiger partial charge < -0.3 is 9.64 Å². The van der Waals surface area contributed by atoms with Crippen molar-refractivity contribution in [2.75, 3.05) is 33.3 Å². The molecule has 3 aromatic rings. The number of rotatable bonds is 6. The number of methoxy groups -OCH3 is 1. The number of ether oxygens (including phenoxy) is 1. The second-order valence-electron chi connectivity index (χ2n) is 7.34. The number of hydrogen-bond donors (Lipinski definition) is 0. The molecule has 154 valence electrons. The molecule has 1 aliphatic rings. The molecule has 0 unspecified atom stereocenters. The van der Waals surface area contributed by atoms with Gasteiger partial charge in [-0.3, -0.25) is 9.69 Å². The molecule has 1 saturated heterocycles. The summed E-state index contributed by atoms with van der Waals surface area (Å²) >= 11 is 0. The average Bonchev–Trinajstić information content (AvgIpc) is 3.27. The van der Waals surface area contributed by atoms with E-state index in [4.69, 9.17) is 4.74 Å². The maximum Gasteiger partial charge on any atom is 0.246 e. The minimum absolute atomic E-state index is 0.0503. The van der Waals surface area contributed by atoms with Gasteiger partial charge in [0, 0.05) is 50.6 Å². The number of carbonyl (C=O) groups is 1. The highest BCUT2D eigenvalue weighted by Gasteiger charge is 2.20. The molecule has 6 nitrogen and oxygen atoms in total.